The lowest BCUT2D eigenvalue weighted by atomic mass is 10.2. The summed E-state index contributed by atoms with van der Waals surface area (Å²) in [4.78, 5) is 11.9. The Morgan fingerprint density at radius 2 is 2.26 bits per heavy atom. The maximum absolute atomic E-state index is 11.9. The molecule has 0 bridgehead atoms. The van der Waals surface area contributed by atoms with Crippen molar-refractivity contribution in [1.82, 2.24) is 9.78 Å². The van der Waals surface area contributed by atoms with E-state index in [1.54, 1.807) is 32.2 Å². The highest BCUT2D eigenvalue weighted by atomic mass is 16.5. The third-order valence-corrected chi connectivity index (χ3v) is 2.74. The number of hydrogen-bond donors (Lipinski definition) is 2. The highest BCUT2D eigenvalue weighted by Gasteiger charge is 2.19. The van der Waals surface area contributed by atoms with E-state index in [1.165, 1.54) is 10.7 Å². The summed E-state index contributed by atoms with van der Waals surface area (Å²) in [6.45, 7) is 1.79. The number of phenolic OH excluding ortho intramolecular Hbond substituents is 1. The topological polar surface area (TPSA) is 90.4 Å². The third-order valence-electron chi connectivity index (χ3n) is 2.74. The second-order valence-electron chi connectivity index (χ2n) is 4.22. The summed E-state index contributed by atoms with van der Waals surface area (Å²) in [7, 11) is 1.63. The lowest BCUT2D eigenvalue weighted by molar-refractivity contribution is 0.0461. The van der Waals surface area contributed by atoms with Crippen molar-refractivity contribution >= 4 is 11.7 Å². The molecule has 0 spiro atoms. The minimum absolute atomic E-state index is 0.0664. The average molecular weight is 261 g/mol. The normalized spacial score (nSPS) is 10.4. The fraction of sp³-hybridized carbons (Fsp3) is 0.231. The van der Waals surface area contributed by atoms with E-state index >= 15 is 0 Å². The fourth-order valence-electron chi connectivity index (χ4n) is 1.78. The largest absolute Gasteiger partial charge is 0.508 e. The highest BCUT2D eigenvalue weighted by molar-refractivity contribution is 5.93. The molecule has 1 aromatic carbocycles. The number of nitrogen functional groups attached to an aromatic ring is 1. The van der Waals surface area contributed by atoms with Crippen LogP contribution in [0.1, 0.15) is 21.7 Å². The van der Waals surface area contributed by atoms with Crippen LogP contribution in [-0.2, 0) is 18.4 Å². The van der Waals surface area contributed by atoms with E-state index in [2.05, 4.69) is 5.10 Å². The molecule has 6 heteroatoms. The van der Waals surface area contributed by atoms with E-state index in [4.69, 9.17) is 10.5 Å². The number of phenols is 1. The van der Waals surface area contributed by atoms with Gasteiger partial charge in [-0.2, -0.15) is 5.10 Å². The summed E-state index contributed by atoms with van der Waals surface area (Å²) >= 11 is 0. The van der Waals surface area contributed by atoms with Gasteiger partial charge in [0.05, 0.1) is 11.4 Å². The molecule has 0 radical (unpaired) electrons. The number of aromatic nitrogens is 2. The minimum atomic E-state index is -0.538. The number of anilines is 1. The van der Waals surface area contributed by atoms with Gasteiger partial charge in [-0.25, -0.2) is 4.79 Å². The van der Waals surface area contributed by atoms with Gasteiger partial charge in [-0.1, -0.05) is 12.1 Å². The van der Waals surface area contributed by atoms with Crippen molar-refractivity contribution in [3.05, 3.63) is 41.2 Å². The van der Waals surface area contributed by atoms with Crippen LogP contribution in [0.3, 0.4) is 0 Å². The van der Waals surface area contributed by atoms with E-state index in [0.29, 0.717) is 16.9 Å². The molecule has 0 aliphatic carbocycles. The Morgan fingerprint density at radius 1 is 1.53 bits per heavy atom. The number of hydrogen-bond acceptors (Lipinski definition) is 5. The monoisotopic (exact) mass is 261 g/mol. The zero-order chi connectivity index (χ0) is 14.0. The molecular weight excluding hydrogens is 246 g/mol. The van der Waals surface area contributed by atoms with Gasteiger partial charge in [0, 0.05) is 7.05 Å². The van der Waals surface area contributed by atoms with Gasteiger partial charge in [-0.05, 0) is 24.6 Å². The molecule has 0 saturated heterocycles. The molecule has 0 unspecified atom stereocenters. The van der Waals surface area contributed by atoms with Gasteiger partial charge in [0.25, 0.3) is 0 Å². The van der Waals surface area contributed by atoms with Crippen LogP contribution < -0.4 is 5.73 Å². The number of aromatic hydroxyl groups is 1. The van der Waals surface area contributed by atoms with Crippen LogP contribution in [0.25, 0.3) is 0 Å². The number of aryl methyl sites for hydroxylation is 2. The predicted octanol–water partition coefficient (Wildman–Crippen LogP) is 1.37. The van der Waals surface area contributed by atoms with Crippen LogP contribution in [0.15, 0.2) is 24.3 Å². The van der Waals surface area contributed by atoms with Gasteiger partial charge in [0.2, 0.25) is 0 Å². The van der Waals surface area contributed by atoms with Gasteiger partial charge in [0.1, 0.15) is 12.4 Å². The maximum atomic E-state index is 11.9. The minimum Gasteiger partial charge on any atom is -0.508 e. The highest BCUT2D eigenvalue weighted by Crippen LogP contribution is 2.17. The Kier molecular flexibility index (Phi) is 3.41. The Bertz CT molecular complexity index is 620. The first-order valence-electron chi connectivity index (χ1n) is 5.73. The number of rotatable bonds is 3. The fourth-order valence-corrected chi connectivity index (χ4v) is 1.78. The summed E-state index contributed by atoms with van der Waals surface area (Å²) < 4.78 is 6.55. The lowest BCUT2D eigenvalue weighted by Gasteiger charge is -2.06. The van der Waals surface area contributed by atoms with Crippen LogP contribution in [-0.4, -0.2) is 20.9 Å². The molecular formula is C13H15N3O3. The van der Waals surface area contributed by atoms with Crippen LogP contribution in [0, 0.1) is 6.92 Å². The van der Waals surface area contributed by atoms with Crippen molar-refractivity contribution in [2.24, 2.45) is 7.05 Å². The first-order valence-corrected chi connectivity index (χ1v) is 5.73. The molecule has 6 nitrogen and oxygen atoms in total. The third kappa shape index (κ3) is 2.67. The molecule has 1 aromatic heterocycles. The molecule has 0 fully saturated rings. The molecule has 0 aliphatic heterocycles. The van der Waals surface area contributed by atoms with E-state index in [0.717, 1.165) is 0 Å². The summed E-state index contributed by atoms with van der Waals surface area (Å²) in [6.07, 6.45) is 0. The first-order chi connectivity index (χ1) is 8.99. The SMILES string of the molecule is Cc1nn(C)c(C(=O)OCc2cccc(O)c2)c1N. The Labute approximate surface area is 110 Å². The molecule has 2 aromatic rings. The molecule has 19 heavy (non-hydrogen) atoms. The molecule has 3 N–H and O–H groups in total. The molecule has 0 aliphatic rings. The van der Waals surface area contributed by atoms with Crippen LogP contribution in [0.2, 0.25) is 0 Å². The Balaban J connectivity index is 2.10. The van der Waals surface area contributed by atoms with Crippen molar-refractivity contribution in [3.8, 4) is 5.75 Å². The average Bonchev–Trinajstić information content (AvgIpc) is 2.61. The molecule has 100 valence electrons. The van der Waals surface area contributed by atoms with Crippen LogP contribution in [0.5, 0.6) is 5.75 Å². The van der Waals surface area contributed by atoms with E-state index < -0.39 is 5.97 Å². The van der Waals surface area contributed by atoms with Crippen molar-refractivity contribution in [2.75, 3.05) is 5.73 Å². The number of nitrogens with two attached hydrogens (primary N) is 1. The summed E-state index contributed by atoms with van der Waals surface area (Å²) in [5.74, 6) is -0.409. The Morgan fingerprint density at radius 3 is 2.84 bits per heavy atom. The molecule has 0 amide bonds. The summed E-state index contributed by atoms with van der Waals surface area (Å²) in [5, 5.41) is 13.4. The summed E-state index contributed by atoms with van der Waals surface area (Å²) in [6, 6.07) is 6.52. The molecule has 2 rings (SSSR count). The van der Waals surface area contributed by atoms with Crippen molar-refractivity contribution in [3.63, 3.8) is 0 Å². The lowest BCUT2D eigenvalue weighted by Crippen LogP contribution is -2.12. The number of nitrogens with zero attached hydrogens (tertiary/aromatic N) is 2. The number of carbonyl (C=O) groups is 1. The van der Waals surface area contributed by atoms with E-state index in [-0.39, 0.29) is 18.1 Å². The molecule has 0 atom stereocenters. The number of carbonyl (C=O) groups excluding carboxylic acids is 1. The number of ether oxygens (including phenoxy) is 1. The maximum Gasteiger partial charge on any atom is 0.359 e. The van der Waals surface area contributed by atoms with E-state index in [1.807, 2.05) is 0 Å². The van der Waals surface area contributed by atoms with Gasteiger partial charge in [0.15, 0.2) is 5.69 Å². The zero-order valence-corrected chi connectivity index (χ0v) is 10.8. The van der Waals surface area contributed by atoms with Crippen LogP contribution >= 0.6 is 0 Å². The molecule has 1 heterocycles. The van der Waals surface area contributed by atoms with Gasteiger partial charge in [-0.15, -0.1) is 0 Å². The predicted molar refractivity (Wildman–Crippen MR) is 69.6 cm³/mol. The van der Waals surface area contributed by atoms with Gasteiger partial charge < -0.3 is 15.6 Å². The van der Waals surface area contributed by atoms with E-state index in [9.17, 15) is 9.90 Å². The quantitative estimate of drug-likeness (QED) is 0.814. The zero-order valence-electron chi connectivity index (χ0n) is 10.8. The molecule has 0 saturated carbocycles. The summed E-state index contributed by atoms with van der Waals surface area (Å²) in [5.41, 5.74) is 7.62. The van der Waals surface area contributed by atoms with Crippen molar-refractivity contribution in [2.45, 2.75) is 13.5 Å². The van der Waals surface area contributed by atoms with Gasteiger partial charge in [-0.3, -0.25) is 4.68 Å². The van der Waals surface area contributed by atoms with Crippen molar-refractivity contribution in [1.29, 1.82) is 0 Å². The number of benzene rings is 1. The smallest absolute Gasteiger partial charge is 0.359 e. The second kappa shape index (κ2) is 5.01. The number of esters is 1. The first kappa shape index (κ1) is 12.9. The van der Waals surface area contributed by atoms with Crippen LogP contribution in [0.4, 0.5) is 5.69 Å². The Hall–Kier alpha value is -2.50. The van der Waals surface area contributed by atoms with Crippen molar-refractivity contribution < 1.29 is 14.6 Å². The standard InChI is InChI=1S/C13H15N3O3/c1-8-11(14)12(16(2)15-8)13(18)19-7-9-4-3-5-10(17)6-9/h3-6,17H,7,14H2,1-2H3. The van der Waals surface area contributed by atoms with Gasteiger partial charge >= 0.3 is 5.97 Å². The second-order valence-corrected chi connectivity index (χ2v) is 4.22.